The molecular weight excluding hydrogens is 276 g/mol. The van der Waals surface area contributed by atoms with Gasteiger partial charge in [-0.1, -0.05) is 36.7 Å². The second-order valence-corrected chi connectivity index (χ2v) is 4.68. The number of nitrogens with two attached hydrogens (primary N) is 1. The van der Waals surface area contributed by atoms with Crippen LogP contribution >= 0.6 is 11.6 Å². The first-order valence-corrected chi connectivity index (χ1v) is 6.84. The molecule has 1 aromatic heterocycles. The standard InChI is InChI=1S/C15H17ClN2O2/c1-2-9-19-15-13(17)7-8-14(18-15)20-10-11-5-3-4-6-12(11)16/h3-8H,2,9-10,17H2,1H3. The fraction of sp³-hybridized carbons (Fsp3) is 0.267. The summed E-state index contributed by atoms with van der Waals surface area (Å²) >= 11 is 6.07. The van der Waals surface area contributed by atoms with E-state index in [1.165, 1.54) is 0 Å². The third-order valence-electron chi connectivity index (χ3n) is 2.64. The van der Waals surface area contributed by atoms with E-state index < -0.39 is 0 Å². The number of nitrogens with zero attached hydrogens (tertiary/aromatic N) is 1. The minimum absolute atomic E-state index is 0.351. The monoisotopic (exact) mass is 292 g/mol. The van der Waals surface area contributed by atoms with Gasteiger partial charge in [-0.3, -0.25) is 0 Å². The van der Waals surface area contributed by atoms with Gasteiger partial charge in [-0.15, -0.1) is 0 Å². The first-order valence-electron chi connectivity index (χ1n) is 6.46. The van der Waals surface area contributed by atoms with E-state index in [-0.39, 0.29) is 0 Å². The molecule has 0 aliphatic heterocycles. The van der Waals surface area contributed by atoms with E-state index in [2.05, 4.69) is 4.98 Å². The number of aromatic nitrogens is 1. The van der Waals surface area contributed by atoms with Gasteiger partial charge in [0.15, 0.2) is 0 Å². The summed E-state index contributed by atoms with van der Waals surface area (Å²) in [7, 11) is 0. The van der Waals surface area contributed by atoms with Gasteiger partial charge < -0.3 is 15.2 Å². The van der Waals surface area contributed by atoms with Gasteiger partial charge in [-0.05, 0) is 18.6 Å². The Morgan fingerprint density at radius 1 is 1.15 bits per heavy atom. The van der Waals surface area contributed by atoms with Crippen LogP contribution in [0.2, 0.25) is 5.02 Å². The highest BCUT2D eigenvalue weighted by molar-refractivity contribution is 6.31. The van der Waals surface area contributed by atoms with Crippen molar-refractivity contribution in [2.24, 2.45) is 0 Å². The molecule has 0 aliphatic carbocycles. The van der Waals surface area contributed by atoms with Crippen molar-refractivity contribution in [2.75, 3.05) is 12.3 Å². The third-order valence-corrected chi connectivity index (χ3v) is 3.01. The quantitative estimate of drug-likeness (QED) is 0.882. The van der Waals surface area contributed by atoms with E-state index in [0.29, 0.717) is 35.7 Å². The van der Waals surface area contributed by atoms with Crippen molar-refractivity contribution in [1.29, 1.82) is 0 Å². The van der Waals surface area contributed by atoms with E-state index in [1.807, 2.05) is 31.2 Å². The summed E-state index contributed by atoms with van der Waals surface area (Å²) in [4.78, 5) is 4.24. The largest absolute Gasteiger partial charge is 0.476 e. The maximum Gasteiger partial charge on any atom is 0.240 e. The van der Waals surface area contributed by atoms with Gasteiger partial charge in [0.25, 0.3) is 0 Å². The number of anilines is 1. The molecule has 0 spiro atoms. The summed E-state index contributed by atoms with van der Waals surface area (Å²) in [6.07, 6.45) is 0.895. The molecule has 0 radical (unpaired) electrons. The van der Waals surface area contributed by atoms with Crippen LogP contribution in [0.15, 0.2) is 36.4 Å². The molecule has 0 unspecified atom stereocenters. The Morgan fingerprint density at radius 3 is 2.70 bits per heavy atom. The van der Waals surface area contributed by atoms with Crippen LogP contribution in [0, 0.1) is 0 Å². The molecule has 1 aromatic carbocycles. The van der Waals surface area contributed by atoms with Crippen LogP contribution in [0.5, 0.6) is 11.8 Å². The molecule has 5 heteroatoms. The van der Waals surface area contributed by atoms with Crippen LogP contribution in [0.25, 0.3) is 0 Å². The van der Waals surface area contributed by atoms with E-state index >= 15 is 0 Å². The Bertz CT molecular complexity index is 576. The van der Waals surface area contributed by atoms with Gasteiger partial charge in [-0.25, -0.2) is 0 Å². The zero-order chi connectivity index (χ0) is 14.4. The average Bonchev–Trinajstić information content (AvgIpc) is 2.46. The number of ether oxygens (including phenoxy) is 2. The molecule has 1 heterocycles. The Balaban J connectivity index is 2.04. The second-order valence-electron chi connectivity index (χ2n) is 4.27. The van der Waals surface area contributed by atoms with Crippen molar-refractivity contribution >= 4 is 17.3 Å². The van der Waals surface area contributed by atoms with Crippen LogP contribution in [-0.2, 0) is 6.61 Å². The number of pyridine rings is 1. The lowest BCUT2D eigenvalue weighted by molar-refractivity contribution is 0.274. The Kier molecular flexibility index (Phi) is 5.07. The van der Waals surface area contributed by atoms with E-state index in [9.17, 15) is 0 Å². The number of hydrogen-bond acceptors (Lipinski definition) is 4. The van der Waals surface area contributed by atoms with Crippen LogP contribution < -0.4 is 15.2 Å². The lowest BCUT2D eigenvalue weighted by atomic mass is 10.2. The summed E-state index contributed by atoms with van der Waals surface area (Å²) in [5.41, 5.74) is 7.21. The zero-order valence-corrected chi connectivity index (χ0v) is 12.1. The molecule has 0 fully saturated rings. The van der Waals surface area contributed by atoms with E-state index in [0.717, 1.165) is 12.0 Å². The van der Waals surface area contributed by atoms with E-state index in [1.54, 1.807) is 12.1 Å². The highest BCUT2D eigenvalue weighted by Crippen LogP contribution is 2.23. The molecule has 0 aliphatic rings. The van der Waals surface area contributed by atoms with Crippen molar-refractivity contribution < 1.29 is 9.47 Å². The average molecular weight is 293 g/mol. The zero-order valence-electron chi connectivity index (χ0n) is 11.3. The molecule has 0 saturated carbocycles. The fourth-order valence-electron chi connectivity index (χ4n) is 1.60. The van der Waals surface area contributed by atoms with Crippen LogP contribution in [-0.4, -0.2) is 11.6 Å². The molecule has 4 nitrogen and oxygen atoms in total. The minimum atomic E-state index is 0.351. The molecule has 2 N–H and O–H groups in total. The Hall–Kier alpha value is -1.94. The highest BCUT2D eigenvalue weighted by atomic mass is 35.5. The first kappa shape index (κ1) is 14.5. The first-order chi connectivity index (χ1) is 9.70. The van der Waals surface area contributed by atoms with Crippen LogP contribution in [0.3, 0.4) is 0 Å². The van der Waals surface area contributed by atoms with Gasteiger partial charge in [0.2, 0.25) is 11.8 Å². The van der Waals surface area contributed by atoms with Crippen molar-refractivity contribution in [3.8, 4) is 11.8 Å². The SMILES string of the molecule is CCCOc1nc(OCc2ccccc2Cl)ccc1N. The molecular formula is C15H17ClN2O2. The smallest absolute Gasteiger partial charge is 0.240 e. The predicted molar refractivity (Wildman–Crippen MR) is 80.2 cm³/mol. The summed E-state index contributed by atoms with van der Waals surface area (Å²) in [6.45, 7) is 2.95. The molecule has 106 valence electrons. The molecule has 0 atom stereocenters. The molecule has 2 rings (SSSR count). The van der Waals surface area contributed by atoms with Gasteiger partial charge in [0.1, 0.15) is 6.61 Å². The minimum Gasteiger partial charge on any atom is -0.476 e. The molecule has 2 aromatic rings. The Morgan fingerprint density at radius 2 is 1.95 bits per heavy atom. The molecule has 20 heavy (non-hydrogen) atoms. The fourth-order valence-corrected chi connectivity index (χ4v) is 1.79. The topological polar surface area (TPSA) is 57.4 Å². The van der Waals surface area contributed by atoms with Crippen molar-refractivity contribution in [1.82, 2.24) is 4.98 Å². The van der Waals surface area contributed by atoms with E-state index in [4.69, 9.17) is 26.8 Å². The second kappa shape index (κ2) is 7.01. The third kappa shape index (κ3) is 3.78. The normalized spacial score (nSPS) is 10.3. The van der Waals surface area contributed by atoms with Crippen molar-refractivity contribution in [3.05, 3.63) is 47.0 Å². The van der Waals surface area contributed by atoms with Gasteiger partial charge >= 0.3 is 0 Å². The lowest BCUT2D eigenvalue weighted by Crippen LogP contribution is -2.04. The number of nitrogen functional groups attached to an aromatic ring is 1. The Labute approximate surface area is 123 Å². The molecule has 0 bridgehead atoms. The summed E-state index contributed by atoms with van der Waals surface area (Å²) in [5.74, 6) is 0.869. The van der Waals surface area contributed by atoms with Gasteiger partial charge in [0, 0.05) is 16.7 Å². The maximum absolute atomic E-state index is 6.07. The predicted octanol–water partition coefficient (Wildman–Crippen LogP) is 3.69. The van der Waals surface area contributed by atoms with Crippen LogP contribution in [0.1, 0.15) is 18.9 Å². The number of hydrogen-bond donors (Lipinski definition) is 1. The maximum atomic E-state index is 6.07. The summed E-state index contributed by atoms with van der Waals surface area (Å²) in [6, 6.07) is 11.0. The summed E-state index contributed by atoms with van der Waals surface area (Å²) in [5, 5.41) is 0.672. The highest BCUT2D eigenvalue weighted by Gasteiger charge is 2.06. The van der Waals surface area contributed by atoms with Gasteiger partial charge in [0.05, 0.1) is 12.3 Å². The summed E-state index contributed by atoms with van der Waals surface area (Å²) < 4.78 is 11.1. The van der Waals surface area contributed by atoms with Crippen molar-refractivity contribution in [2.45, 2.75) is 20.0 Å². The number of benzene rings is 1. The molecule has 0 saturated heterocycles. The molecule has 0 amide bonds. The van der Waals surface area contributed by atoms with Crippen LogP contribution in [0.4, 0.5) is 5.69 Å². The number of halogens is 1. The van der Waals surface area contributed by atoms with Gasteiger partial charge in [-0.2, -0.15) is 4.98 Å². The van der Waals surface area contributed by atoms with Crippen molar-refractivity contribution in [3.63, 3.8) is 0 Å². The lowest BCUT2D eigenvalue weighted by Gasteiger charge is -2.10. The number of rotatable bonds is 6.